The molecule has 2 atom stereocenters. The molecule has 0 saturated carbocycles. The van der Waals surface area contributed by atoms with Crippen molar-refractivity contribution < 1.29 is 12.2 Å². The van der Waals surface area contributed by atoms with E-state index in [1.807, 2.05) is 38.2 Å². The van der Waals surface area contributed by atoms with Crippen molar-refractivity contribution in [2.24, 2.45) is 10.4 Å². The molecule has 0 unspecified atom stereocenters. The Labute approximate surface area is 372 Å². The van der Waals surface area contributed by atoms with Gasteiger partial charge >= 0.3 is 0 Å². The number of aromatic nitrogens is 2. The number of ether oxygens (including phenoxy) is 2. The number of fused-ring (bicyclic) bond motifs is 6. The van der Waals surface area contributed by atoms with Crippen LogP contribution in [0.1, 0.15) is 128 Å². The first-order valence-corrected chi connectivity index (χ1v) is 22.1. The minimum Gasteiger partial charge on any atom is -0.463 e. The Morgan fingerprint density at radius 1 is 0.677 bits per heavy atom. The Morgan fingerprint density at radius 3 is 2.02 bits per heavy atom. The maximum absolute atomic E-state index is 9.80. The molecule has 2 aromatic heterocycles. The van der Waals surface area contributed by atoms with E-state index in [0.717, 1.165) is 72.3 Å². The minimum absolute atomic E-state index is 0.00579. The topological polar surface area (TPSA) is 48.6 Å². The monoisotopic (exact) mass is 824 g/mol. The van der Waals surface area contributed by atoms with Crippen molar-refractivity contribution in [3.63, 3.8) is 0 Å². The molecule has 2 aliphatic rings. The summed E-state index contributed by atoms with van der Waals surface area (Å²) in [7, 11) is 0. The van der Waals surface area contributed by atoms with Crippen LogP contribution >= 0.6 is 0 Å². The van der Waals surface area contributed by atoms with Crippen molar-refractivity contribution in [2.45, 2.75) is 132 Å². The van der Waals surface area contributed by atoms with E-state index in [2.05, 4.69) is 167 Å². The van der Waals surface area contributed by atoms with Crippen LogP contribution in [0.3, 0.4) is 0 Å². The zero-order valence-corrected chi connectivity index (χ0v) is 39.4. The third-order valence-corrected chi connectivity index (χ3v) is 13.5. The van der Waals surface area contributed by atoms with Crippen molar-refractivity contribution in [1.29, 1.82) is 0 Å². The van der Waals surface area contributed by atoms with Crippen LogP contribution in [0.5, 0.6) is 11.5 Å². The fraction of sp³-hybridized carbons (Fsp3) is 0.368. The summed E-state index contributed by atoms with van der Waals surface area (Å²) in [6.45, 7) is 32.4. The molecule has 0 fully saturated rings. The van der Waals surface area contributed by atoms with E-state index >= 15 is 0 Å². The standard InChI is InChI=1S/C57H63N3O2/c1-33-21-36(4)50(37(5)22-33)38-25-39(52-59-56(15)32-40-23-34(2)35(3)24-48(40)57(56,62-52)55(12,13)14)27-44(26-38)61-45-29-42(54(9,10)11)28-43(31-45)60-49-19-18-41(53(6,7)8)30-47(49)46-17-16-20-58-51(46)60/h16-31H,32H2,1-15H3/t56-,57-/m1/s1/i32D2. The summed E-state index contributed by atoms with van der Waals surface area (Å²) in [4.78, 5) is 10.4. The van der Waals surface area contributed by atoms with E-state index in [-0.39, 0.29) is 10.8 Å². The Kier molecular flexibility index (Phi) is 8.79. The first kappa shape index (κ1) is 39.2. The van der Waals surface area contributed by atoms with E-state index in [1.54, 1.807) is 0 Å². The number of aliphatic imine (C=N–C) groups is 1. The largest absolute Gasteiger partial charge is 0.463 e. The van der Waals surface area contributed by atoms with E-state index in [0.29, 0.717) is 23.0 Å². The Morgan fingerprint density at radius 2 is 1.34 bits per heavy atom. The van der Waals surface area contributed by atoms with E-state index in [9.17, 15) is 2.74 Å². The number of nitrogens with zero attached hydrogens (tertiary/aromatic N) is 3. The fourth-order valence-electron chi connectivity index (χ4n) is 10.3. The maximum Gasteiger partial charge on any atom is 0.217 e. The highest BCUT2D eigenvalue weighted by atomic mass is 16.5. The molecule has 5 aromatic carbocycles. The van der Waals surface area contributed by atoms with Gasteiger partial charge in [-0.2, -0.15) is 0 Å². The van der Waals surface area contributed by atoms with Crippen LogP contribution in [0.15, 0.2) is 102 Å². The quantitative estimate of drug-likeness (QED) is 0.174. The predicted molar refractivity (Wildman–Crippen MR) is 259 cm³/mol. The molecule has 0 amide bonds. The molecule has 3 heterocycles. The highest BCUT2D eigenvalue weighted by Gasteiger charge is 2.67. The molecule has 5 heteroatoms. The Hall–Kier alpha value is -5.68. The van der Waals surface area contributed by atoms with Gasteiger partial charge in [-0.1, -0.05) is 98.2 Å². The van der Waals surface area contributed by atoms with E-state index in [1.165, 1.54) is 16.5 Å². The summed E-state index contributed by atoms with van der Waals surface area (Å²) in [5.74, 6) is 1.74. The summed E-state index contributed by atoms with van der Waals surface area (Å²) < 4.78 is 36.3. The molecule has 7 aromatic rings. The predicted octanol–water partition coefficient (Wildman–Crippen LogP) is 14.8. The van der Waals surface area contributed by atoms with Crippen LogP contribution in [0.2, 0.25) is 0 Å². The normalized spacial score (nSPS) is 20.1. The fourth-order valence-corrected chi connectivity index (χ4v) is 10.3. The van der Waals surface area contributed by atoms with Crippen molar-refractivity contribution in [2.75, 3.05) is 0 Å². The van der Waals surface area contributed by atoms with Gasteiger partial charge in [0.05, 0.1) is 11.2 Å². The van der Waals surface area contributed by atoms with Gasteiger partial charge in [0.15, 0.2) is 5.60 Å². The summed E-state index contributed by atoms with van der Waals surface area (Å²) >= 11 is 0. The van der Waals surface area contributed by atoms with Crippen molar-refractivity contribution in [3.05, 3.63) is 153 Å². The highest BCUT2D eigenvalue weighted by Crippen LogP contribution is 2.61. The molecule has 5 nitrogen and oxygen atoms in total. The maximum atomic E-state index is 9.80. The number of benzene rings is 5. The first-order valence-electron chi connectivity index (χ1n) is 23.1. The highest BCUT2D eigenvalue weighted by molar-refractivity contribution is 6.08. The minimum atomic E-state index is -1.81. The molecule has 9 rings (SSSR count). The molecule has 0 N–H and O–H groups in total. The molecule has 62 heavy (non-hydrogen) atoms. The lowest BCUT2D eigenvalue weighted by Crippen LogP contribution is -2.52. The zero-order valence-electron chi connectivity index (χ0n) is 41.4. The number of pyridine rings is 1. The second-order valence-electron chi connectivity index (χ2n) is 21.4. The van der Waals surface area contributed by atoms with Gasteiger partial charge in [0.1, 0.15) is 22.7 Å². The number of aryl methyl sites for hydroxylation is 5. The lowest BCUT2D eigenvalue weighted by atomic mass is 9.65. The van der Waals surface area contributed by atoms with E-state index < -0.39 is 22.9 Å². The molecule has 1 aliphatic heterocycles. The lowest BCUT2D eigenvalue weighted by Gasteiger charge is -2.46. The van der Waals surface area contributed by atoms with Gasteiger partial charge in [0.2, 0.25) is 5.90 Å². The van der Waals surface area contributed by atoms with Gasteiger partial charge < -0.3 is 9.47 Å². The third kappa shape index (κ3) is 6.57. The first-order chi connectivity index (χ1) is 29.7. The zero-order chi connectivity index (χ0) is 46.3. The van der Waals surface area contributed by atoms with Crippen LogP contribution in [0, 0.1) is 40.0 Å². The van der Waals surface area contributed by atoms with Crippen molar-refractivity contribution >= 4 is 27.8 Å². The molecule has 0 spiro atoms. The molecular formula is C57H63N3O2. The SMILES string of the molecule is [2H]C1([2H])c2cc(C)c(C)cc2[C@]2(C(C)(C)C)OC(c3cc(Oc4cc(-n5c6ccc(C(C)(C)C)cc6c6cccnc65)cc(C(C)(C)C)c4)cc(-c4c(C)cc(C)cc4C)c3)=N[C@]12C. The van der Waals surface area contributed by atoms with Gasteiger partial charge in [-0.05, 0) is 157 Å². The van der Waals surface area contributed by atoms with Gasteiger partial charge in [-0.25, -0.2) is 9.98 Å². The van der Waals surface area contributed by atoms with Gasteiger partial charge in [-0.15, -0.1) is 0 Å². The van der Waals surface area contributed by atoms with Crippen molar-refractivity contribution in [3.8, 4) is 28.3 Å². The van der Waals surface area contributed by atoms with Crippen LogP contribution < -0.4 is 4.74 Å². The summed E-state index contributed by atoms with van der Waals surface area (Å²) in [6.07, 6.45) is 0.0602. The third-order valence-electron chi connectivity index (χ3n) is 13.5. The number of hydrogen-bond donors (Lipinski definition) is 0. The number of hydrogen-bond acceptors (Lipinski definition) is 4. The summed E-state index contributed by atoms with van der Waals surface area (Å²) in [6, 6.07) is 32.4. The van der Waals surface area contributed by atoms with Gasteiger partial charge in [0.25, 0.3) is 0 Å². The van der Waals surface area contributed by atoms with E-state index in [4.69, 9.17) is 19.5 Å². The van der Waals surface area contributed by atoms with Crippen molar-refractivity contribution in [1.82, 2.24) is 9.55 Å². The lowest BCUT2D eigenvalue weighted by molar-refractivity contribution is -0.0724. The molecular weight excluding hydrogens is 759 g/mol. The second kappa shape index (κ2) is 13.9. The molecule has 318 valence electrons. The molecule has 0 bridgehead atoms. The summed E-state index contributed by atoms with van der Waals surface area (Å²) in [5, 5.41) is 2.27. The van der Waals surface area contributed by atoms with Crippen LogP contribution in [0.4, 0.5) is 0 Å². The average molecular weight is 824 g/mol. The van der Waals surface area contributed by atoms with Gasteiger partial charge in [-0.3, -0.25) is 4.57 Å². The Balaban J connectivity index is 1.24. The smallest absolute Gasteiger partial charge is 0.217 e. The number of rotatable bonds is 5. The van der Waals surface area contributed by atoms with Crippen LogP contribution in [-0.2, 0) is 27.5 Å². The molecule has 0 saturated heterocycles. The second-order valence-corrected chi connectivity index (χ2v) is 21.4. The molecule has 0 radical (unpaired) electrons. The summed E-state index contributed by atoms with van der Waals surface area (Å²) in [5.41, 5.74) is 12.3. The van der Waals surface area contributed by atoms with Gasteiger partial charge in [0, 0.05) is 48.7 Å². The molecule has 1 aliphatic carbocycles. The Bertz CT molecular complexity index is 3090. The van der Waals surface area contributed by atoms with Crippen LogP contribution in [0.25, 0.3) is 38.8 Å². The van der Waals surface area contributed by atoms with Crippen LogP contribution in [-0.4, -0.2) is 21.0 Å². The average Bonchev–Trinajstić information content (AvgIpc) is 3.75.